The topological polar surface area (TPSA) is 86.8 Å². The minimum atomic E-state index is -4.72. The fraction of sp³-hybridized carbons (Fsp3) is 0.391. The van der Waals surface area contributed by atoms with E-state index in [1.807, 2.05) is 0 Å². The monoisotopic (exact) mass is 517 g/mol. The van der Waals surface area contributed by atoms with Gasteiger partial charge in [-0.25, -0.2) is 12.8 Å². The zero-order valence-electron chi connectivity index (χ0n) is 19.6. The second-order valence-corrected chi connectivity index (χ2v) is 10.2. The first-order chi connectivity index (χ1) is 16.1. The summed E-state index contributed by atoms with van der Waals surface area (Å²) in [6.45, 7) is 3.87. The van der Waals surface area contributed by atoms with Crippen molar-refractivity contribution in [2.75, 3.05) is 17.1 Å². The van der Waals surface area contributed by atoms with Crippen LogP contribution in [0.15, 0.2) is 48.5 Å². The van der Waals surface area contributed by atoms with Gasteiger partial charge in [0.05, 0.1) is 17.5 Å². The van der Waals surface area contributed by atoms with Gasteiger partial charge >= 0.3 is 6.18 Å². The highest BCUT2D eigenvalue weighted by Crippen LogP contribution is 2.32. The van der Waals surface area contributed by atoms with Gasteiger partial charge in [0.15, 0.2) is 0 Å². The number of anilines is 1. The Morgan fingerprint density at radius 1 is 1.03 bits per heavy atom. The molecule has 0 saturated carbocycles. The van der Waals surface area contributed by atoms with E-state index in [1.54, 1.807) is 13.8 Å². The Balaban J connectivity index is 2.43. The molecule has 12 heteroatoms. The Kier molecular flexibility index (Phi) is 8.88. The van der Waals surface area contributed by atoms with Crippen LogP contribution < -0.4 is 9.62 Å². The standard InChI is InChI=1S/C23H27F4N3O4S/c1-15(2)28-22(32)16(3)29(13-17-8-10-19(24)11-9-17)21(31)14-30(35(4,33)34)20-7-5-6-18(12-20)23(25,26)27/h5-12,15-16H,13-14H2,1-4H3,(H,28,32)/t16-/m1/s1. The molecule has 192 valence electrons. The number of sulfonamides is 1. The molecule has 35 heavy (non-hydrogen) atoms. The SMILES string of the molecule is CC(C)NC(=O)[C@@H](C)N(Cc1ccc(F)cc1)C(=O)CN(c1cccc(C(F)(F)F)c1)S(C)(=O)=O. The smallest absolute Gasteiger partial charge is 0.352 e. The molecule has 0 heterocycles. The number of hydrogen-bond donors (Lipinski definition) is 1. The van der Waals surface area contributed by atoms with Crippen molar-refractivity contribution in [1.82, 2.24) is 10.2 Å². The fourth-order valence-corrected chi connectivity index (χ4v) is 4.07. The first kappa shape index (κ1) is 28.1. The molecule has 2 amide bonds. The Morgan fingerprint density at radius 3 is 2.14 bits per heavy atom. The van der Waals surface area contributed by atoms with Gasteiger partial charge in [0, 0.05) is 12.6 Å². The molecule has 1 N–H and O–H groups in total. The van der Waals surface area contributed by atoms with E-state index in [2.05, 4.69) is 5.32 Å². The van der Waals surface area contributed by atoms with E-state index in [9.17, 15) is 35.6 Å². The van der Waals surface area contributed by atoms with Crippen molar-refractivity contribution in [3.63, 3.8) is 0 Å². The van der Waals surface area contributed by atoms with Crippen LogP contribution in [0.5, 0.6) is 0 Å². The van der Waals surface area contributed by atoms with Gasteiger partial charge < -0.3 is 10.2 Å². The second kappa shape index (κ2) is 11.1. The van der Waals surface area contributed by atoms with Crippen molar-refractivity contribution in [1.29, 1.82) is 0 Å². The predicted octanol–water partition coefficient (Wildman–Crippen LogP) is 3.55. The first-order valence-electron chi connectivity index (χ1n) is 10.6. The number of nitrogens with one attached hydrogen (secondary N) is 1. The Labute approximate surface area is 201 Å². The lowest BCUT2D eigenvalue weighted by atomic mass is 10.1. The summed E-state index contributed by atoms with van der Waals surface area (Å²) in [4.78, 5) is 27.0. The maximum absolute atomic E-state index is 13.3. The number of hydrogen-bond acceptors (Lipinski definition) is 4. The normalized spacial score (nSPS) is 12.8. The third-order valence-electron chi connectivity index (χ3n) is 5.01. The minimum Gasteiger partial charge on any atom is -0.352 e. The van der Waals surface area contributed by atoms with Gasteiger partial charge in [-0.05, 0) is 56.7 Å². The van der Waals surface area contributed by atoms with Crippen molar-refractivity contribution in [3.05, 3.63) is 65.5 Å². The van der Waals surface area contributed by atoms with Crippen molar-refractivity contribution in [2.24, 2.45) is 0 Å². The number of carbonyl (C=O) groups excluding carboxylic acids is 2. The van der Waals surface area contributed by atoms with Crippen LogP contribution in [0.1, 0.15) is 31.9 Å². The summed E-state index contributed by atoms with van der Waals surface area (Å²) in [5, 5.41) is 2.66. The molecule has 1 atom stereocenters. The van der Waals surface area contributed by atoms with E-state index in [-0.39, 0.29) is 18.3 Å². The molecule has 0 aliphatic carbocycles. The summed E-state index contributed by atoms with van der Waals surface area (Å²) in [5.74, 6) is -1.85. The van der Waals surface area contributed by atoms with Crippen LogP contribution in [-0.4, -0.2) is 50.0 Å². The summed E-state index contributed by atoms with van der Waals surface area (Å²) >= 11 is 0. The van der Waals surface area contributed by atoms with Crippen molar-refractivity contribution in [3.8, 4) is 0 Å². The molecule has 0 aliphatic heterocycles. The molecular formula is C23H27F4N3O4S. The minimum absolute atomic E-state index is 0.161. The highest BCUT2D eigenvalue weighted by Gasteiger charge is 2.33. The number of nitrogens with zero attached hydrogens (tertiary/aromatic N) is 2. The third-order valence-corrected chi connectivity index (χ3v) is 6.15. The highest BCUT2D eigenvalue weighted by molar-refractivity contribution is 7.92. The molecule has 2 aromatic carbocycles. The van der Waals surface area contributed by atoms with Crippen molar-refractivity contribution in [2.45, 2.75) is 45.6 Å². The summed E-state index contributed by atoms with van der Waals surface area (Å²) in [5.41, 5.74) is -0.963. The Bertz CT molecular complexity index is 1150. The maximum atomic E-state index is 13.3. The van der Waals surface area contributed by atoms with Gasteiger partial charge in [0.25, 0.3) is 0 Å². The van der Waals surface area contributed by atoms with Gasteiger partial charge in [0.2, 0.25) is 21.8 Å². The van der Waals surface area contributed by atoms with Gasteiger partial charge in [0.1, 0.15) is 18.4 Å². The second-order valence-electron chi connectivity index (χ2n) is 8.31. The summed E-state index contributed by atoms with van der Waals surface area (Å²) in [6.07, 6.45) is -3.96. The van der Waals surface area contributed by atoms with Crippen LogP contribution >= 0.6 is 0 Å². The van der Waals surface area contributed by atoms with E-state index in [4.69, 9.17) is 0 Å². The summed E-state index contributed by atoms with van der Waals surface area (Å²) in [7, 11) is -4.18. The van der Waals surface area contributed by atoms with Crippen LogP contribution in [0.2, 0.25) is 0 Å². The molecule has 0 spiro atoms. The largest absolute Gasteiger partial charge is 0.416 e. The highest BCUT2D eigenvalue weighted by atomic mass is 32.2. The average Bonchev–Trinajstić information content (AvgIpc) is 2.74. The van der Waals surface area contributed by atoms with Crippen LogP contribution in [0.3, 0.4) is 0 Å². The molecule has 0 bridgehead atoms. The molecule has 0 saturated heterocycles. The fourth-order valence-electron chi connectivity index (χ4n) is 3.23. The van der Waals surface area contributed by atoms with Crippen molar-refractivity contribution < 1.29 is 35.6 Å². The van der Waals surface area contributed by atoms with Crippen molar-refractivity contribution >= 4 is 27.5 Å². The Hall–Kier alpha value is -3.15. The van der Waals surface area contributed by atoms with E-state index in [0.29, 0.717) is 15.9 Å². The molecule has 0 fully saturated rings. The van der Waals surface area contributed by atoms with Crippen LogP contribution in [0.25, 0.3) is 0 Å². The van der Waals surface area contributed by atoms with E-state index < -0.39 is 52.0 Å². The molecule has 0 radical (unpaired) electrons. The zero-order chi connectivity index (χ0) is 26.6. The average molecular weight is 518 g/mol. The number of rotatable bonds is 9. The van der Waals surface area contributed by atoms with Gasteiger partial charge in [-0.1, -0.05) is 18.2 Å². The molecular weight excluding hydrogens is 490 g/mol. The molecule has 0 aliphatic rings. The number of carbonyl (C=O) groups is 2. The van der Waals surface area contributed by atoms with Gasteiger partial charge in [-0.2, -0.15) is 13.2 Å². The molecule has 7 nitrogen and oxygen atoms in total. The van der Waals surface area contributed by atoms with Crippen LogP contribution in [0.4, 0.5) is 23.2 Å². The number of halogens is 4. The van der Waals surface area contributed by atoms with Gasteiger partial charge in [-0.3, -0.25) is 13.9 Å². The summed E-state index contributed by atoms with van der Waals surface area (Å²) in [6, 6.07) is 7.44. The van der Waals surface area contributed by atoms with Gasteiger partial charge in [-0.15, -0.1) is 0 Å². The number of alkyl halides is 3. The Morgan fingerprint density at radius 2 is 1.63 bits per heavy atom. The van der Waals surface area contributed by atoms with E-state index >= 15 is 0 Å². The predicted molar refractivity (Wildman–Crippen MR) is 123 cm³/mol. The molecule has 2 rings (SSSR count). The number of amides is 2. The lowest BCUT2D eigenvalue weighted by Gasteiger charge is -2.32. The lowest BCUT2D eigenvalue weighted by Crippen LogP contribution is -2.52. The molecule has 2 aromatic rings. The number of benzene rings is 2. The molecule has 0 unspecified atom stereocenters. The van der Waals surface area contributed by atoms with Crippen LogP contribution in [-0.2, 0) is 32.3 Å². The zero-order valence-corrected chi connectivity index (χ0v) is 20.5. The maximum Gasteiger partial charge on any atom is 0.416 e. The van der Waals surface area contributed by atoms with E-state index in [1.165, 1.54) is 31.2 Å². The first-order valence-corrected chi connectivity index (χ1v) is 12.4. The van der Waals surface area contributed by atoms with Crippen LogP contribution in [0, 0.1) is 5.82 Å². The lowest BCUT2D eigenvalue weighted by molar-refractivity contribution is -0.139. The van der Waals surface area contributed by atoms with E-state index in [0.717, 1.165) is 29.4 Å². The third kappa shape index (κ3) is 7.94. The molecule has 0 aromatic heterocycles. The summed E-state index contributed by atoms with van der Waals surface area (Å²) < 4.78 is 78.3. The quantitative estimate of drug-likeness (QED) is 0.516.